The summed E-state index contributed by atoms with van der Waals surface area (Å²) in [5.41, 5.74) is 1.03. The average molecular weight is 232 g/mol. The Labute approximate surface area is 99.3 Å². The van der Waals surface area contributed by atoms with Gasteiger partial charge in [0, 0.05) is 6.42 Å². The first-order valence-electron chi connectivity index (χ1n) is 5.40. The molecular formula is C14H13FO2. The van der Waals surface area contributed by atoms with Crippen LogP contribution in [0.25, 0.3) is 0 Å². The minimum Gasteiger partial charge on any atom is -0.508 e. The number of hydrogen-bond donors (Lipinski definition) is 1. The molecule has 3 heteroatoms. The normalized spacial score (nSPS) is 10.2. The van der Waals surface area contributed by atoms with Gasteiger partial charge in [0.2, 0.25) is 0 Å². The SMILES string of the molecule is Oc1ccc(OCCc2ccc(F)cc2)cc1. The van der Waals surface area contributed by atoms with Crippen molar-refractivity contribution in [3.05, 3.63) is 59.9 Å². The van der Waals surface area contributed by atoms with Crippen LogP contribution in [0.15, 0.2) is 48.5 Å². The summed E-state index contributed by atoms with van der Waals surface area (Å²) in [5, 5.41) is 9.10. The molecule has 0 unspecified atom stereocenters. The van der Waals surface area contributed by atoms with E-state index in [4.69, 9.17) is 9.84 Å². The fraction of sp³-hybridized carbons (Fsp3) is 0.143. The average Bonchev–Trinajstić information content (AvgIpc) is 2.34. The van der Waals surface area contributed by atoms with Crippen LogP contribution in [0.5, 0.6) is 11.5 Å². The Bertz CT molecular complexity index is 417. The molecule has 0 atom stereocenters. The molecule has 0 spiro atoms. The maximum Gasteiger partial charge on any atom is 0.123 e. The molecule has 2 rings (SSSR count). The van der Waals surface area contributed by atoms with E-state index >= 15 is 0 Å². The molecule has 17 heavy (non-hydrogen) atoms. The van der Waals surface area contributed by atoms with Crippen LogP contribution in [0.2, 0.25) is 0 Å². The van der Waals surface area contributed by atoms with E-state index in [0.29, 0.717) is 12.4 Å². The van der Waals surface area contributed by atoms with Crippen LogP contribution < -0.4 is 4.74 Å². The fourth-order valence-corrected chi connectivity index (χ4v) is 1.48. The van der Waals surface area contributed by atoms with Crippen LogP contribution in [-0.2, 0) is 6.42 Å². The number of hydrogen-bond acceptors (Lipinski definition) is 2. The highest BCUT2D eigenvalue weighted by Crippen LogP contribution is 2.16. The van der Waals surface area contributed by atoms with E-state index in [1.807, 2.05) is 0 Å². The predicted molar refractivity (Wildman–Crippen MR) is 63.7 cm³/mol. The summed E-state index contributed by atoms with van der Waals surface area (Å²) < 4.78 is 18.1. The molecule has 2 nitrogen and oxygen atoms in total. The van der Waals surface area contributed by atoms with Crippen LogP contribution >= 0.6 is 0 Å². The van der Waals surface area contributed by atoms with Crippen LogP contribution in [0, 0.1) is 5.82 Å². The zero-order valence-corrected chi connectivity index (χ0v) is 9.27. The number of ether oxygens (including phenoxy) is 1. The molecule has 2 aromatic rings. The Hall–Kier alpha value is -2.03. The highest BCUT2D eigenvalue weighted by molar-refractivity contribution is 5.30. The molecule has 0 aliphatic heterocycles. The predicted octanol–water partition coefficient (Wildman–Crippen LogP) is 3.15. The summed E-state index contributed by atoms with van der Waals surface area (Å²) in [4.78, 5) is 0. The Morgan fingerprint density at radius 3 is 2.24 bits per heavy atom. The standard InChI is InChI=1S/C14H13FO2/c15-12-3-1-11(2-4-12)9-10-17-14-7-5-13(16)6-8-14/h1-8,16H,9-10H2. The number of phenols is 1. The third-order valence-electron chi connectivity index (χ3n) is 2.41. The molecule has 2 aromatic carbocycles. The van der Waals surface area contributed by atoms with Crippen LogP contribution in [0.1, 0.15) is 5.56 Å². The second kappa shape index (κ2) is 5.34. The Morgan fingerprint density at radius 2 is 1.59 bits per heavy atom. The van der Waals surface area contributed by atoms with Crippen molar-refractivity contribution in [1.29, 1.82) is 0 Å². The molecule has 88 valence electrons. The van der Waals surface area contributed by atoms with E-state index in [2.05, 4.69) is 0 Å². The van der Waals surface area contributed by atoms with Gasteiger partial charge in [-0.15, -0.1) is 0 Å². The van der Waals surface area contributed by atoms with Crippen molar-refractivity contribution < 1.29 is 14.2 Å². The monoisotopic (exact) mass is 232 g/mol. The van der Waals surface area contributed by atoms with E-state index in [0.717, 1.165) is 12.0 Å². The second-order valence-corrected chi connectivity index (χ2v) is 3.72. The smallest absolute Gasteiger partial charge is 0.123 e. The lowest BCUT2D eigenvalue weighted by atomic mass is 10.2. The molecule has 0 aliphatic carbocycles. The topological polar surface area (TPSA) is 29.5 Å². The fourth-order valence-electron chi connectivity index (χ4n) is 1.48. The Kier molecular flexibility index (Phi) is 3.60. The van der Waals surface area contributed by atoms with Crippen LogP contribution in [-0.4, -0.2) is 11.7 Å². The number of rotatable bonds is 4. The van der Waals surface area contributed by atoms with Gasteiger partial charge in [-0.1, -0.05) is 12.1 Å². The van der Waals surface area contributed by atoms with Gasteiger partial charge in [0.15, 0.2) is 0 Å². The third kappa shape index (κ3) is 3.48. The molecule has 0 heterocycles. The lowest BCUT2D eigenvalue weighted by molar-refractivity contribution is 0.321. The van der Waals surface area contributed by atoms with Gasteiger partial charge in [-0.2, -0.15) is 0 Å². The lowest BCUT2D eigenvalue weighted by Crippen LogP contribution is -2.01. The molecule has 0 aliphatic rings. The first kappa shape index (κ1) is 11.5. The summed E-state index contributed by atoms with van der Waals surface area (Å²) in [6, 6.07) is 12.9. The van der Waals surface area contributed by atoms with Crippen LogP contribution in [0.3, 0.4) is 0 Å². The maximum atomic E-state index is 12.7. The minimum atomic E-state index is -0.229. The largest absolute Gasteiger partial charge is 0.508 e. The quantitative estimate of drug-likeness (QED) is 0.877. The summed E-state index contributed by atoms with van der Waals surface area (Å²) in [6.45, 7) is 0.524. The summed E-state index contributed by atoms with van der Waals surface area (Å²) in [5.74, 6) is 0.703. The van der Waals surface area contributed by atoms with E-state index in [1.165, 1.54) is 12.1 Å². The molecule has 0 bridgehead atoms. The second-order valence-electron chi connectivity index (χ2n) is 3.72. The van der Waals surface area contributed by atoms with Gasteiger partial charge in [-0.25, -0.2) is 4.39 Å². The molecule has 0 fully saturated rings. The minimum absolute atomic E-state index is 0.218. The van der Waals surface area contributed by atoms with Crippen molar-refractivity contribution in [3.8, 4) is 11.5 Å². The van der Waals surface area contributed by atoms with Crippen molar-refractivity contribution in [2.75, 3.05) is 6.61 Å². The van der Waals surface area contributed by atoms with Gasteiger partial charge in [0.05, 0.1) is 6.61 Å². The van der Waals surface area contributed by atoms with E-state index < -0.39 is 0 Å². The zero-order valence-electron chi connectivity index (χ0n) is 9.27. The van der Waals surface area contributed by atoms with Crippen molar-refractivity contribution in [1.82, 2.24) is 0 Å². The molecule has 1 N–H and O–H groups in total. The summed E-state index contributed by atoms with van der Waals surface area (Å²) >= 11 is 0. The molecule has 0 saturated carbocycles. The molecule has 0 aromatic heterocycles. The molecule has 0 saturated heterocycles. The van der Waals surface area contributed by atoms with Gasteiger partial charge < -0.3 is 9.84 Å². The van der Waals surface area contributed by atoms with Gasteiger partial charge in [-0.3, -0.25) is 0 Å². The van der Waals surface area contributed by atoms with Crippen molar-refractivity contribution >= 4 is 0 Å². The van der Waals surface area contributed by atoms with Gasteiger partial charge in [0.1, 0.15) is 17.3 Å². The summed E-state index contributed by atoms with van der Waals surface area (Å²) in [6.07, 6.45) is 0.723. The third-order valence-corrected chi connectivity index (χ3v) is 2.41. The highest BCUT2D eigenvalue weighted by Gasteiger charge is 1.96. The van der Waals surface area contributed by atoms with E-state index in [-0.39, 0.29) is 11.6 Å². The molecule has 0 amide bonds. The highest BCUT2D eigenvalue weighted by atomic mass is 19.1. The number of phenolic OH excluding ortho intramolecular Hbond substituents is 1. The van der Waals surface area contributed by atoms with Gasteiger partial charge >= 0.3 is 0 Å². The first-order valence-corrected chi connectivity index (χ1v) is 5.40. The summed E-state index contributed by atoms with van der Waals surface area (Å²) in [7, 11) is 0. The Balaban J connectivity index is 1.83. The lowest BCUT2D eigenvalue weighted by Gasteiger charge is -2.06. The van der Waals surface area contributed by atoms with Crippen LogP contribution in [0.4, 0.5) is 4.39 Å². The van der Waals surface area contributed by atoms with E-state index in [9.17, 15) is 4.39 Å². The molecule has 0 radical (unpaired) electrons. The van der Waals surface area contributed by atoms with Gasteiger partial charge in [-0.05, 0) is 42.0 Å². The van der Waals surface area contributed by atoms with E-state index in [1.54, 1.807) is 36.4 Å². The van der Waals surface area contributed by atoms with Gasteiger partial charge in [0.25, 0.3) is 0 Å². The first-order chi connectivity index (χ1) is 8.24. The number of halogens is 1. The number of aromatic hydroxyl groups is 1. The van der Waals surface area contributed by atoms with Crippen molar-refractivity contribution in [2.45, 2.75) is 6.42 Å². The number of benzene rings is 2. The van der Waals surface area contributed by atoms with Crippen molar-refractivity contribution in [3.63, 3.8) is 0 Å². The molecular weight excluding hydrogens is 219 g/mol. The zero-order chi connectivity index (χ0) is 12.1. The Morgan fingerprint density at radius 1 is 0.941 bits per heavy atom. The van der Waals surface area contributed by atoms with Crippen molar-refractivity contribution in [2.24, 2.45) is 0 Å². The maximum absolute atomic E-state index is 12.7.